The molecule has 0 radical (unpaired) electrons. The first-order valence-corrected chi connectivity index (χ1v) is 20.2. The standard InChI is InChI=1S/C19H28BrNO4S.C19H29NO4S/c1-11(15-12(2)14(16(20)26-15)17(22)24-6)13-7-9-21(10-8-13)18(23)25-19(3,4)5;1-12(16-13(2)15(11-25-16)17(21)23-6)14-7-9-20(10-8-14)18(22)24-19(3,4)5/h11,13H,7-10H2,1-6H3;11-12,14H,7-10H2,1-6H3/t11-;12-/m11/s1. The van der Waals surface area contributed by atoms with Crippen LogP contribution in [0.25, 0.3) is 0 Å². The van der Waals surface area contributed by atoms with Crippen LogP contribution >= 0.6 is 38.6 Å². The molecule has 2 aliphatic heterocycles. The fourth-order valence-electron chi connectivity index (χ4n) is 6.70. The van der Waals surface area contributed by atoms with Crippen molar-refractivity contribution in [3.8, 4) is 0 Å². The van der Waals surface area contributed by atoms with Gasteiger partial charge < -0.3 is 28.7 Å². The van der Waals surface area contributed by atoms with Crippen LogP contribution in [0.15, 0.2) is 9.17 Å². The Morgan fingerprint density at radius 1 is 0.725 bits per heavy atom. The molecule has 0 aliphatic carbocycles. The highest BCUT2D eigenvalue weighted by molar-refractivity contribution is 9.11. The number of halogens is 1. The number of amides is 2. The Balaban J connectivity index is 0.000000276. The van der Waals surface area contributed by atoms with Crippen LogP contribution in [-0.4, -0.2) is 85.5 Å². The lowest BCUT2D eigenvalue weighted by molar-refractivity contribution is 0.0166. The van der Waals surface area contributed by atoms with E-state index in [0.717, 1.165) is 53.7 Å². The SMILES string of the molecule is COC(=O)c1c(Br)sc([C@H](C)C2CCN(C(=O)OC(C)(C)C)CC2)c1C.COC(=O)c1csc([C@H](C)C2CCN(C(=O)OC(C)(C)C)CC2)c1C. The lowest BCUT2D eigenvalue weighted by atomic mass is 9.83. The quantitative estimate of drug-likeness (QED) is 0.209. The summed E-state index contributed by atoms with van der Waals surface area (Å²) in [6, 6.07) is 0. The summed E-state index contributed by atoms with van der Waals surface area (Å²) in [6.45, 7) is 22.6. The van der Waals surface area contributed by atoms with Gasteiger partial charge in [-0.05, 0) is 132 Å². The zero-order chi connectivity index (χ0) is 38.4. The molecule has 2 amide bonds. The lowest BCUT2D eigenvalue weighted by Crippen LogP contribution is -2.42. The molecule has 13 heteroatoms. The van der Waals surface area contributed by atoms with Crippen molar-refractivity contribution < 1.29 is 38.1 Å². The second-order valence-electron chi connectivity index (χ2n) is 15.5. The van der Waals surface area contributed by atoms with Crippen LogP contribution in [0, 0.1) is 25.7 Å². The summed E-state index contributed by atoms with van der Waals surface area (Å²) in [5.74, 6) is 1.10. The first-order chi connectivity index (χ1) is 23.7. The van der Waals surface area contributed by atoms with E-state index in [2.05, 4.69) is 29.8 Å². The van der Waals surface area contributed by atoms with Gasteiger partial charge in [0.05, 0.1) is 29.1 Å². The number of carbonyl (C=O) groups excluding carboxylic acids is 4. The number of hydrogen-bond acceptors (Lipinski definition) is 10. The van der Waals surface area contributed by atoms with Crippen molar-refractivity contribution in [3.05, 3.63) is 41.2 Å². The average Bonchev–Trinajstić information content (AvgIpc) is 3.60. The monoisotopic (exact) mass is 812 g/mol. The molecule has 4 heterocycles. The normalized spacial score (nSPS) is 17.2. The van der Waals surface area contributed by atoms with Gasteiger partial charge in [0, 0.05) is 41.3 Å². The lowest BCUT2D eigenvalue weighted by Gasteiger charge is -2.35. The molecule has 0 spiro atoms. The van der Waals surface area contributed by atoms with Crippen LogP contribution < -0.4 is 0 Å². The summed E-state index contributed by atoms with van der Waals surface area (Å²) in [6.07, 6.45) is 3.31. The third-order valence-corrected chi connectivity index (χ3v) is 13.1. The number of carbonyl (C=O) groups is 4. The van der Waals surface area contributed by atoms with Gasteiger partial charge in [0.25, 0.3) is 0 Å². The number of ether oxygens (including phenoxy) is 4. The van der Waals surface area contributed by atoms with E-state index in [9.17, 15) is 19.2 Å². The minimum absolute atomic E-state index is 0.223. The number of thiophene rings is 2. The maximum Gasteiger partial charge on any atom is 0.410 e. The molecule has 286 valence electrons. The van der Waals surface area contributed by atoms with Gasteiger partial charge in [-0.25, -0.2) is 19.2 Å². The Morgan fingerprint density at radius 3 is 1.53 bits per heavy atom. The van der Waals surface area contributed by atoms with Crippen molar-refractivity contribution in [2.24, 2.45) is 11.8 Å². The maximum absolute atomic E-state index is 12.2. The topological polar surface area (TPSA) is 112 Å². The summed E-state index contributed by atoms with van der Waals surface area (Å²) in [5.41, 5.74) is 2.40. The highest BCUT2D eigenvalue weighted by Gasteiger charge is 2.33. The molecular formula is C38H57BrN2O8S2. The first kappa shape index (κ1) is 42.8. The van der Waals surface area contributed by atoms with Gasteiger partial charge in [0.1, 0.15) is 11.2 Å². The molecule has 0 bridgehead atoms. The first-order valence-electron chi connectivity index (χ1n) is 17.7. The van der Waals surface area contributed by atoms with Gasteiger partial charge in [-0.2, -0.15) is 0 Å². The van der Waals surface area contributed by atoms with Crippen LogP contribution in [0.2, 0.25) is 0 Å². The van der Waals surface area contributed by atoms with E-state index < -0.39 is 11.2 Å². The molecule has 2 fully saturated rings. The van der Waals surface area contributed by atoms with Crippen LogP contribution in [0.4, 0.5) is 9.59 Å². The van der Waals surface area contributed by atoms with E-state index in [0.29, 0.717) is 47.9 Å². The smallest absolute Gasteiger partial charge is 0.410 e. The van der Waals surface area contributed by atoms with E-state index in [4.69, 9.17) is 18.9 Å². The van der Waals surface area contributed by atoms with E-state index in [-0.39, 0.29) is 24.1 Å². The van der Waals surface area contributed by atoms with Crippen LogP contribution in [-0.2, 0) is 18.9 Å². The minimum atomic E-state index is -0.466. The van der Waals surface area contributed by atoms with Gasteiger partial charge in [-0.1, -0.05) is 13.8 Å². The van der Waals surface area contributed by atoms with Crippen molar-refractivity contribution in [2.45, 2.75) is 118 Å². The van der Waals surface area contributed by atoms with Gasteiger partial charge in [-0.3, -0.25) is 0 Å². The summed E-state index contributed by atoms with van der Waals surface area (Å²) >= 11 is 6.75. The van der Waals surface area contributed by atoms with Crippen molar-refractivity contribution in [2.75, 3.05) is 40.4 Å². The summed E-state index contributed by atoms with van der Waals surface area (Å²) < 4.78 is 21.5. The molecule has 2 saturated heterocycles. The minimum Gasteiger partial charge on any atom is -0.465 e. The van der Waals surface area contributed by atoms with Crippen LogP contribution in [0.5, 0.6) is 0 Å². The Hall–Kier alpha value is -2.64. The van der Waals surface area contributed by atoms with Crippen molar-refractivity contribution in [1.82, 2.24) is 9.80 Å². The van der Waals surface area contributed by atoms with Gasteiger partial charge >= 0.3 is 24.1 Å². The maximum atomic E-state index is 12.2. The highest BCUT2D eigenvalue weighted by Crippen LogP contribution is 2.43. The number of piperidine rings is 2. The van der Waals surface area contributed by atoms with Gasteiger partial charge in [0.15, 0.2) is 0 Å². The number of esters is 2. The number of methoxy groups -OCH3 is 2. The zero-order valence-corrected chi connectivity index (χ0v) is 35.6. The fraction of sp³-hybridized carbons (Fsp3) is 0.684. The molecule has 2 aliphatic rings. The molecule has 2 atom stereocenters. The largest absolute Gasteiger partial charge is 0.465 e. The zero-order valence-electron chi connectivity index (χ0n) is 32.4. The van der Waals surface area contributed by atoms with Crippen LogP contribution in [0.3, 0.4) is 0 Å². The summed E-state index contributed by atoms with van der Waals surface area (Å²) in [4.78, 5) is 54.3. The molecule has 0 aromatic carbocycles. The van der Waals surface area contributed by atoms with Crippen molar-refractivity contribution >= 4 is 62.7 Å². The van der Waals surface area contributed by atoms with E-state index in [1.807, 2.05) is 60.8 Å². The molecule has 0 unspecified atom stereocenters. The fourth-order valence-corrected chi connectivity index (χ4v) is 10.1. The predicted octanol–water partition coefficient (Wildman–Crippen LogP) is 9.95. The van der Waals surface area contributed by atoms with Gasteiger partial charge in [0.2, 0.25) is 0 Å². The Labute approximate surface area is 320 Å². The molecule has 2 aromatic rings. The number of nitrogens with zero attached hydrogens (tertiary/aromatic N) is 2. The Morgan fingerprint density at radius 2 is 1.14 bits per heavy atom. The van der Waals surface area contributed by atoms with Crippen molar-refractivity contribution in [1.29, 1.82) is 0 Å². The van der Waals surface area contributed by atoms with E-state index >= 15 is 0 Å². The molecule has 4 rings (SSSR count). The third kappa shape index (κ3) is 11.4. The summed E-state index contributed by atoms with van der Waals surface area (Å²) in [7, 11) is 2.82. The van der Waals surface area contributed by atoms with E-state index in [1.165, 1.54) is 24.0 Å². The predicted molar refractivity (Wildman–Crippen MR) is 206 cm³/mol. The third-order valence-electron chi connectivity index (χ3n) is 9.64. The molecule has 2 aromatic heterocycles. The second-order valence-corrected chi connectivity index (χ2v) is 18.8. The number of rotatable bonds is 6. The number of likely N-dealkylation sites (tertiary alicyclic amines) is 2. The Bertz CT molecular complexity index is 1520. The van der Waals surface area contributed by atoms with Crippen LogP contribution in [0.1, 0.15) is 135 Å². The Kier molecular flexibility index (Phi) is 15.0. The molecule has 0 saturated carbocycles. The molecule has 0 N–H and O–H groups in total. The highest BCUT2D eigenvalue weighted by atomic mass is 79.9. The van der Waals surface area contributed by atoms with Crippen molar-refractivity contribution in [3.63, 3.8) is 0 Å². The van der Waals surface area contributed by atoms with E-state index in [1.54, 1.807) is 32.5 Å². The van der Waals surface area contributed by atoms with Gasteiger partial charge in [-0.15, -0.1) is 22.7 Å². The second kappa shape index (κ2) is 17.9. The molecule has 10 nitrogen and oxygen atoms in total. The molecule has 51 heavy (non-hydrogen) atoms. The summed E-state index contributed by atoms with van der Waals surface area (Å²) in [5, 5.41) is 1.89. The number of hydrogen-bond donors (Lipinski definition) is 0. The average molecular weight is 814 g/mol. The molecular weight excluding hydrogens is 756 g/mol.